The summed E-state index contributed by atoms with van der Waals surface area (Å²) in [6.07, 6.45) is 0.905. The second kappa shape index (κ2) is 12.8. The third-order valence-electron chi connectivity index (χ3n) is 6.53. The second-order valence-electron chi connectivity index (χ2n) is 9.38. The Bertz CT molecular complexity index is 1720. The molecule has 3 aromatic carbocycles. The maximum Gasteiger partial charge on any atom is 0.262 e. The Morgan fingerprint density at radius 3 is 2.27 bits per heavy atom. The summed E-state index contributed by atoms with van der Waals surface area (Å²) >= 11 is 1.21. The van der Waals surface area contributed by atoms with E-state index in [1.54, 1.807) is 24.3 Å². The second-order valence-corrected chi connectivity index (χ2v) is 12.1. The number of primary sulfonamides is 1. The third kappa shape index (κ3) is 7.07. The molecular weight excluding hydrogens is 564 g/mol. The van der Waals surface area contributed by atoms with Crippen LogP contribution in [0.3, 0.4) is 0 Å². The number of aromatic nitrogens is 2. The standard InChI is InChI=1S/C29H32N4O6S2/c1-5-26(27(34)31-20-10-6-18(2)7-11-20)40-29-32-23-17-25(39-4)24(38-3)16-22(23)28(35)33(29)15-14-19-8-12-21(13-9-19)41(30,36)37/h6-13,16-17,26H,5,14-15H2,1-4H3,(H,31,34)(H2,30,36,37)/t26-/m1/s1. The van der Waals surface area contributed by atoms with E-state index in [1.807, 2.05) is 38.1 Å². The molecule has 1 aromatic heterocycles. The fraction of sp³-hybridized carbons (Fsp3) is 0.276. The smallest absolute Gasteiger partial charge is 0.262 e. The highest BCUT2D eigenvalue weighted by atomic mass is 32.2. The number of nitrogens with two attached hydrogens (primary N) is 1. The van der Waals surface area contributed by atoms with Crippen LogP contribution in [0.15, 0.2) is 75.5 Å². The first-order valence-electron chi connectivity index (χ1n) is 12.9. The highest BCUT2D eigenvalue weighted by molar-refractivity contribution is 8.00. The van der Waals surface area contributed by atoms with Gasteiger partial charge >= 0.3 is 0 Å². The van der Waals surface area contributed by atoms with Crippen LogP contribution in [0.2, 0.25) is 0 Å². The molecule has 12 heteroatoms. The predicted octanol–water partition coefficient (Wildman–Crippen LogP) is 4.12. The van der Waals surface area contributed by atoms with Crippen LogP contribution in [0, 0.1) is 6.92 Å². The molecule has 0 aliphatic carbocycles. The molecule has 0 aliphatic heterocycles. The van der Waals surface area contributed by atoms with Gasteiger partial charge in [-0.3, -0.25) is 14.2 Å². The number of thioether (sulfide) groups is 1. The number of benzene rings is 3. The number of fused-ring (bicyclic) bond motifs is 1. The van der Waals surface area contributed by atoms with Gasteiger partial charge in [0.15, 0.2) is 16.7 Å². The molecule has 3 N–H and O–H groups in total. The lowest BCUT2D eigenvalue weighted by atomic mass is 10.1. The molecule has 0 radical (unpaired) electrons. The molecule has 1 atom stereocenters. The lowest BCUT2D eigenvalue weighted by molar-refractivity contribution is -0.115. The van der Waals surface area contributed by atoms with Crippen molar-refractivity contribution in [2.75, 3.05) is 19.5 Å². The van der Waals surface area contributed by atoms with Gasteiger partial charge in [-0.05, 0) is 55.7 Å². The van der Waals surface area contributed by atoms with Crippen LogP contribution >= 0.6 is 11.8 Å². The van der Waals surface area contributed by atoms with E-state index in [9.17, 15) is 18.0 Å². The lowest BCUT2D eigenvalue weighted by Crippen LogP contribution is -2.28. The van der Waals surface area contributed by atoms with Crippen LogP contribution in [-0.2, 0) is 27.8 Å². The normalized spacial score (nSPS) is 12.2. The van der Waals surface area contributed by atoms with Gasteiger partial charge in [-0.25, -0.2) is 18.5 Å². The van der Waals surface area contributed by atoms with Crippen molar-refractivity contribution in [1.29, 1.82) is 0 Å². The van der Waals surface area contributed by atoms with Crippen LogP contribution in [0.1, 0.15) is 24.5 Å². The molecule has 0 bridgehead atoms. The number of nitrogens with one attached hydrogen (secondary N) is 1. The Morgan fingerprint density at radius 2 is 1.68 bits per heavy atom. The monoisotopic (exact) mass is 596 g/mol. The highest BCUT2D eigenvalue weighted by Crippen LogP contribution is 2.32. The Balaban J connectivity index is 1.71. The number of carbonyl (C=O) groups is 1. The molecule has 1 amide bonds. The molecule has 0 unspecified atom stereocenters. The van der Waals surface area contributed by atoms with Crippen molar-refractivity contribution < 1.29 is 22.7 Å². The molecule has 0 saturated carbocycles. The minimum absolute atomic E-state index is 0.00783. The maximum absolute atomic E-state index is 13.8. The van der Waals surface area contributed by atoms with Crippen LogP contribution < -0.4 is 25.5 Å². The minimum Gasteiger partial charge on any atom is -0.493 e. The van der Waals surface area contributed by atoms with E-state index in [0.29, 0.717) is 46.1 Å². The Morgan fingerprint density at radius 1 is 1.05 bits per heavy atom. The van der Waals surface area contributed by atoms with Crippen LogP contribution in [0.5, 0.6) is 11.5 Å². The number of hydrogen-bond donors (Lipinski definition) is 2. The van der Waals surface area contributed by atoms with Gasteiger partial charge in [-0.2, -0.15) is 0 Å². The number of carbonyl (C=O) groups excluding carboxylic acids is 1. The quantitative estimate of drug-likeness (QED) is 0.194. The van der Waals surface area contributed by atoms with E-state index < -0.39 is 15.3 Å². The molecular formula is C29H32N4O6S2. The molecule has 10 nitrogen and oxygen atoms in total. The first kappa shape index (κ1) is 30.1. The van der Waals surface area contributed by atoms with Gasteiger partial charge in [0, 0.05) is 18.3 Å². The van der Waals surface area contributed by atoms with Gasteiger partial charge in [0.1, 0.15) is 0 Å². The summed E-state index contributed by atoms with van der Waals surface area (Å²) in [7, 11) is -0.821. The number of rotatable bonds is 11. The molecule has 0 saturated heterocycles. The predicted molar refractivity (Wildman–Crippen MR) is 160 cm³/mol. The molecule has 4 aromatic rings. The van der Waals surface area contributed by atoms with Gasteiger partial charge in [0.25, 0.3) is 5.56 Å². The van der Waals surface area contributed by atoms with Crippen molar-refractivity contribution in [2.24, 2.45) is 5.14 Å². The van der Waals surface area contributed by atoms with Crippen molar-refractivity contribution in [3.8, 4) is 11.5 Å². The molecule has 4 rings (SSSR count). The summed E-state index contributed by atoms with van der Waals surface area (Å²) in [5.74, 6) is 0.626. The van der Waals surface area contributed by atoms with Crippen LogP contribution in [0.25, 0.3) is 10.9 Å². The van der Waals surface area contributed by atoms with Gasteiger partial charge in [-0.15, -0.1) is 0 Å². The molecule has 0 aliphatic rings. The summed E-state index contributed by atoms with van der Waals surface area (Å²) in [6, 6.07) is 16.9. The Labute approximate surface area is 242 Å². The maximum atomic E-state index is 13.8. The number of anilines is 1. The van der Waals surface area contributed by atoms with E-state index in [-0.39, 0.29) is 22.9 Å². The summed E-state index contributed by atoms with van der Waals surface area (Å²) in [4.78, 5) is 31.8. The van der Waals surface area contributed by atoms with Crippen molar-refractivity contribution in [2.45, 2.75) is 48.5 Å². The molecule has 0 fully saturated rings. The Kier molecular flexibility index (Phi) is 9.36. The van der Waals surface area contributed by atoms with Gasteiger partial charge in [0.2, 0.25) is 15.9 Å². The summed E-state index contributed by atoms with van der Waals surface area (Å²) < 4.78 is 35.6. The highest BCUT2D eigenvalue weighted by Gasteiger charge is 2.23. The fourth-order valence-electron chi connectivity index (χ4n) is 4.21. The van der Waals surface area contributed by atoms with Crippen molar-refractivity contribution in [1.82, 2.24) is 9.55 Å². The van der Waals surface area contributed by atoms with E-state index in [1.165, 1.54) is 42.7 Å². The molecule has 216 valence electrons. The van der Waals surface area contributed by atoms with E-state index in [0.717, 1.165) is 11.1 Å². The van der Waals surface area contributed by atoms with Gasteiger partial charge in [-0.1, -0.05) is 48.5 Å². The molecule has 41 heavy (non-hydrogen) atoms. The number of nitrogens with zero attached hydrogens (tertiary/aromatic N) is 2. The van der Waals surface area contributed by atoms with E-state index >= 15 is 0 Å². The van der Waals surface area contributed by atoms with Crippen molar-refractivity contribution >= 4 is 44.3 Å². The number of amides is 1. The summed E-state index contributed by atoms with van der Waals surface area (Å²) in [5.41, 5.74) is 2.69. The van der Waals surface area contributed by atoms with Gasteiger partial charge in [0.05, 0.1) is 35.3 Å². The zero-order valence-corrected chi connectivity index (χ0v) is 24.8. The average molecular weight is 597 g/mol. The summed E-state index contributed by atoms with van der Waals surface area (Å²) in [6.45, 7) is 4.11. The van der Waals surface area contributed by atoms with Crippen LogP contribution in [0.4, 0.5) is 5.69 Å². The largest absolute Gasteiger partial charge is 0.493 e. The first-order chi connectivity index (χ1) is 19.5. The number of methoxy groups -OCH3 is 2. The third-order valence-corrected chi connectivity index (χ3v) is 8.81. The van der Waals surface area contributed by atoms with E-state index in [2.05, 4.69) is 5.32 Å². The minimum atomic E-state index is -3.81. The van der Waals surface area contributed by atoms with Crippen molar-refractivity contribution in [3.63, 3.8) is 0 Å². The van der Waals surface area contributed by atoms with Crippen LogP contribution in [-0.4, -0.2) is 43.3 Å². The zero-order chi connectivity index (χ0) is 29.7. The topological polar surface area (TPSA) is 143 Å². The molecule has 1 heterocycles. The van der Waals surface area contributed by atoms with Crippen molar-refractivity contribution in [3.05, 3.63) is 82.1 Å². The number of ether oxygens (including phenoxy) is 2. The molecule has 0 spiro atoms. The number of sulfonamides is 1. The van der Waals surface area contributed by atoms with E-state index in [4.69, 9.17) is 19.6 Å². The summed E-state index contributed by atoms with van der Waals surface area (Å²) in [5, 5.41) is 8.35. The SMILES string of the molecule is CC[C@@H](Sc1nc2cc(OC)c(OC)cc2c(=O)n1CCc1ccc(S(N)(=O)=O)cc1)C(=O)Nc1ccc(C)cc1. The number of aryl methyl sites for hydroxylation is 2. The van der Waals surface area contributed by atoms with Gasteiger partial charge < -0.3 is 14.8 Å². The number of hydrogen-bond acceptors (Lipinski definition) is 8. The Hall–Kier alpha value is -3.87. The fourth-order valence-corrected chi connectivity index (χ4v) is 5.77. The average Bonchev–Trinajstić information content (AvgIpc) is 2.95. The zero-order valence-electron chi connectivity index (χ0n) is 23.2. The lowest BCUT2D eigenvalue weighted by Gasteiger charge is -2.19. The first-order valence-corrected chi connectivity index (χ1v) is 15.3.